The molecule has 1 aromatic heterocycles. The summed E-state index contributed by atoms with van der Waals surface area (Å²) in [4.78, 5) is 18.5. The molecule has 3 aromatic carbocycles. The van der Waals surface area contributed by atoms with Crippen molar-refractivity contribution in [2.75, 3.05) is 19.7 Å². The predicted octanol–water partition coefficient (Wildman–Crippen LogP) is 6.36. The van der Waals surface area contributed by atoms with Crippen LogP contribution in [-0.2, 0) is 17.7 Å². The van der Waals surface area contributed by atoms with Gasteiger partial charge in [-0.1, -0.05) is 78.3 Å². The zero-order chi connectivity index (χ0) is 26.0. The molecule has 0 aliphatic carbocycles. The number of ether oxygens (including phenoxy) is 1. The second kappa shape index (κ2) is 13.2. The molecule has 1 N–H and O–H groups in total. The minimum Gasteiger partial charge on any atom is -0.462 e. The van der Waals surface area contributed by atoms with Crippen molar-refractivity contribution in [3.8, 4) is 11.3 Å². The lowest BCUT2D eigenvalue weighted by molar-refractivity contribution is 0.0526. The number of esters is 1. The maximum atomic E-state index is 11.9. The molecule has 0 radical (unpaired) electrons. The molecule has 5 nitrogen and oxygen atoms in total. The van der Waals surface area contributed by atoms with Gasteiger partial charge in [0, 0.05) is 36.4 Å². The Morgan fingerprint density at radius 3 is 2.43 bits per heavy atom. The van der Waals surface area contributed by atoms with E-state index in [-0.39, 0.29) is 5.97 Å². The zero-order valence-electron chi connectivity index (χ0n) is 20.9. The van der Waals surface area contributed by atoms with Crippen LogP contribution in [0, 0.1) is 0 Å². The first-order valence-corrected chi connectivity index (χ1v) is 12.8. The number of carbonyl (C=O) groups excluding carboxylic acids is 1. The third-order valence-corrected chi connectivity index (χ3v) is 6.39. The van der Waals surface area contributed by atoms with Gasteiger partial charge < -0.3 is 9.84 Å². The van der Waals surface area contributed by atoms with Gasteiger partial charge in [0.15, 0.2) is 0 Å². The van der Waals surface area contributed by atoms with Crippen LogP contribution in [0.4, 0.5) is 0 Å². The number of aliphatic hydroxyl groups is 1. The van der Waals surface area contributed by atoms with Gasteiger partial charge >= 0.3 is 5.97 Å². The van der Waals surface area contributed by atoms with Crippen molar-refractivity contribution in [3.63, 3.8) is 0 Å². The first kappa shape index (κ1) is 26.6. The average Bonchev–Trinajstić information content (AvgIpc) is 2.93. The molecule has 1 atom stereocenters. The summed E-state index contributed by atoms with van der Waals surface area (Å²) in [6, 6.07) is 29.6. The minimum absolute atomic E-state index is 0.338. The van der Waals surface area contributed by atoms with Crippen LogP contribution in [-0.4, -0.2) is 40.7 Å². The minimum atomic E-state index is -0.631. The zero-order valence-corrected chi connectivity index (χ0v) is 21.6. The van der Waals surface area contributed by atoms with Crippen molar-refractivity contribution in [2.24, 2.45) is 0 Å². The van der Waals surface area contributed by atoms with Gasteiger partial charge in [-0.2, -0.15) is 0 Å². The van der Waals surface area contributed by atoms with E-state index in [9.17, 15) is 9.90 Å². The number of rotatable bonds is 11. The van der Waals surface area contributed by atoms with E-state index in [0.717, 1.165) is 36.3 Å². The number of hydrogen-bond donors (Lipinski definition) is 1. The summed E-state index contributed by atoms with van der Waals surface area (Å²) in [5.74, 6) is -0.363. The fourth-order valence-electron chi connectivity index (χ4n) is 4.17. The Labute approximate surface area is 223 Å². The first-order chi connectivity index (χ1) is 18.0. The van der Waals surface area contributed by atoms with Crippen molar-refractivity contribution in [3.05, 3.63) is 124 Å². The van der Waals surface area contributed by atoms with E-state index < -0.39 is 6.10 Å². The summed E-state index contributed by atoms with van der Waals surface area (Å²) in [6.45, 7) is 4.16. The van der Waals surface area contributed by atoms with Gasteiger partial charge in [-0.15, -0.1) is 0 Å². The summed E-state index contributed by atoms with van der Waals surface area (Å²) in [7, 11) is 0. The number of pyridine rings is 1. The van der Waals surface area contributed by atoms with Gasteiger partial charge in [0.05, 0.1) is 24.0 Å². The SMILES string of the molecule is CCOC(=O)c1ccc(-c2ccc(CCN(Cc3ccccc3)C[C@@H](O)c3cccc(Cl)c3)cc2)nc1. The number of benzene rings is 3. The Morgan fingerprint density at radius 1 is 0.973 bits per heavy atom. The van der Waals surface area contributed by atoms with E-state index in [2.05, 4.69) is 34.1 Å². The molecule has 0 bridgehead atoms. The third kappa shape index (κ3) is 7.73. The van der Waals surface area contributed by atoms with Gasteiger partial charge in [-0.05, 0) is 54.3 Å². The summed E-state index contributed by atoms with van der Waals surface area (Å²) in [5, 5.41) is 11.5. The normalized spacial score (nSPS) is 11.9. The highest BCUT2D eigenvalue weighted by atomic mass is 35.5. The van der Waals surface area contributed by atoms with Crippen LogP contribution in [0.15, 0.2) is 97.2 Å². The first-order valence-electron chi connectivity index (χ1n) is 12.4. The maximum absolute atomic E-state index is 11.9. The molecule has 1 heterocycles. The number of carbonyl (C=O) groups is 1. The molecule has 0 amide bonds. The molecule has 0 aliphatic rings. The maximum Gasteiger partial charge on any atom is 0.339 e. The molecule has 4 rings (SSSR count). The average molecular weight is 515 g/mol. The summed E-state index contributed by atoms with van der Waals surface area (Å²) in [5.41, 5.74) is 5.44. The number of aromatic nitrogens is 1. The molecule has 6 heteroatoms. The highest BCUT2D eigenvalue weighted by molar-refractivity contribution is 6.30. The summed E-state index contributed by atoms with van der Waals surface area (Å²) in [6.07, 6.45) is 1.76. The molecular weight excluding hydrogens is 484 g/mol. The van der Waals surface area contributed by atoms with Crippen molar-refractivity contribution >= 4 is 17.6 Å². The van der Waals surface area contributed by atoms with Crippen LogP contribution in [0.3, 0.4) is 0 Å². The van der Waals surface area contributed by atoms with E-state index in [4.69, 9.17) is 16.3 Å². The topological polar surface area (TPSA) is 62.7 Å². The van der Waals surface area contributed by atoms with Crippen molar-refractivity contribution in [2.45, 2.75) is 26.0 Å². The van der Waals surface area contributed by atoms with Crippen LogP contribution in [0.2, 0.25) is 5.02 Å². The van der Waals surface area contributed by atoms with Gasteiger partial charge in [0.25, 0.3) is 0 Å². The molecule has 37 heavy (non-hydrogen) atoms. The Morgan fingerprint density at radius 2 is 1.76 bits per heavy atom. The predicted molar refractivity (Wildman–Crippen MR) is 147 cm³/mol. The van der Waals surface area contributed by atoms with E-state index >= 15 is 0 Å². The molecule has 4 aromatic rings. The molecule has 0 fully saturated rings. The van der Waals surface area contributed by atoms with Crippen molar-refractivity contribution in [1.29, 1.82) is 0 Å². The molecular formula is C31H31ClN2O3. The van der Waals surface area contributed by atoms with Gasteiger partial charge in [-0.3, -0.25) is 9.88 Å². The number of halogens is 1. The lowest BCUT2D eigenvalue weighted by Gasteiger charge is -2.25. The van der Waals surface area contributed by atoms with Crippen LogP contribution in [0.1, 0.15) is 40.1 Å². The molecule has 0 unspecified atom stereocenters. The van der Waals surface area contributed by atoms with Gasteiger partial charge in [-0.25, -0.2) is 4.79 Å². The largest absolute Gasteiger partial charge is 0.462 e. The number of nitrogens with zero attached hydrogens (tertiary/aromatic N) is 2. The Kier molecular flexibility index (Phi) is 9.44. The highest BCUT2D eigenvalue weighted by Gasteiger charge is 2.15. The quantitative estimate of drug-likeness (QED) is 0.236. The molecule has 0 spiro atoms. The van der Waals surface area contributed by atoms with E-state index in [1.165, 1.54) is 11.1 Å². The monoisotopic (exact) mass is 514 g/mol. The van der Waals surface area contributed by atoms with Crippen LogP contribution < -0.4 is 0 Å². The third-order valence-electron chi connectivity index (χ3n) is 6.15. The van der Waals surface area contributed by atoms with Gasteiger partial charge in [0.2, 0.25) is 0 Å². The van der Waals surface area contributed by atoms with E-state index in [0.29, 0.717) is 23.7 Å². The second-order valence-corrected chi connectivity index (χ2v) is 9.33. The lowest BCUT2D eigenvalue weighted by atomic mass is 10.0. The number of aliphatic hydroxyl groups excluding tert-OH is 1. The second-order valence-electron chi connectivity index (χ2n) is 8.89. The van der Waals surface area contributed by atoms with Crippen molar-refractivity contribution in [1.82, 2.24) is 9.88 Å². The molecule has 0 saturated carbocycles. The smallest absolute Gasteiger partial charge is 0.339 e. The number of hydrogen-bond acceptors (Lipinski definition) is 5. The standard InChI is InChI=1S/C31H31ClN2O3/c1-2-37-31(36)27-15-16-29(33-20-27)25-13-11-23(12-14-25)17-18-34(21-24-7-4-3-5-8-24)22-30(35)26-9-6-10-28(32)19-26/h3-16,19-20,30,35H,2,17-18,21-22H2,1H3/t30-/m1/s1. The Bertz CT molecular complexity index is 1280. The van der Waals surface area contributed by atoms with Gasteiger partial charge in [0.1, 0.15) is 0 Å². The van der Waals surface area contributed by atoms with E-state index in [1.54, 1.807) is 19.2 Å². The summed E-state index contributed by atoms with van der Waals surface area (Å²) < 4.78 is 5.02. The fraction of sp³-hybridized carbons (Fsp3) is 0.226. The lowest BCUT2D eigenvalue weighted by Crippen LogP contribution is -2.30. The molecule has 0 aliphatic heterocycles. The summed E-state index contributed by atoms with van der Waals surface area (Å²) >= 11 is 6.14. The van der Waals surface area contributed by atoms with Crippen LogP contribution >= 0.6 is 11.6 Å². The van der Waals surface area contributed by atoms with Crippen LogP contribution in [0.5, 0.6) is 0 Å². The van der Waals surface area contributed by atoms with Crippen molar-refractivity contribution < 1.29 is 14.6 Å². The van der Waals surface area contributed by atoms with E-state index in [1.807, 2.05) is 60.7 Å². The fourth-order valence-corrected chi connectivity index (χ4v) is 4.37. The Balaban J connectivity index is 1.41. The Hall–Kier alpha value is -3.51. The highest BCUT2D eigenvalue weighted by Crippen LogP contribution is 2.21. The van der Waals surface area contributed by atoms with Crippen LogP contribution in [0.25, 0.3) is 11.3 Å². The molecule has 190 valence electrons. The molecule has 0 saturated heterocycles.